The molecule has 3 fully saturated rings. The first kappa shape index (κ1) is 21.8. The molecule has 2 bridgehead atoms. The van der Waals surface area contributed by atoms with Crippen molar-refractivity contribution in [2.75, 3.05) is 13.2 Å². The normalized spacial score (nSPS) is 24.6. The lowest BCUT2D eigenvalue weighted by Gasteiger charge is -2.72. The molecule has 1 atom stereocenters. The van der Waals surface area contributed by atoms with Gasteiger partial charge >= 0.3 is 6.18 Å². The molecule has 5 nitrogen and oxygen atoms in total. The number of benzene rings is 2. The largest absolute Gasteiger partial charge is 0.483 e. The number of aliphatic hydroxyl groups excluding tert-OH is 1. The van der Waals surface area contributed by atoms with Crippen molar-refractivity contribution in [3.05, 3.63) is 54.3 Å². The predicted octanol–water partition coefficient (Wildman–Crippen LogP) is 5.32. The molecule has 0 aliphatic heterocycles. The van der Waals surface area contributed by atoms with E-state index in [9.17, 15) is 23.1 Å². The van der Waals surface area contributed by atoms with E-state index in [2.05, 4.69) is 5.32 Å². The van der Waals surface area contributed by atoms with Gasteiger partial charge in [-0.1, -0.05) is 43.3 Å². The topological polar surface area (TPSA) is 71.7 Å². The van der Waals surface area contributed by atoms with Crippen LogP contribution in [0.15, 0.2) is 52.9 Å². The molecule has 1 heterocycles. The molecular weight excluding hydrogens is 435 g/mol. The Morgan fingerprint density at radius 2 is 1.85 bits per heavy atom. The summed E-state index contributed by atoms with van der Waals surface area (Å²) in [6, 6.07) is 13.4. The zero-order valence-corrected chi connectivity index (χ0v) is 18.0. The Balaban J connectivity index is 1.39. The van der Waals surface area contributed by atoms with Crippen molar-refractivity contribution in [3.63, 3.8) is 0 Å². The molecule has 33 heavy (non-hydrogen) atoms. The summed E-state index contributed by atoms with van der Waals surface area (Å²) in [5, 5.41) is 13.2. The first-order chi connectivity index (χ1) is 15.6. The lowest BCUT2D eigenvalue weighted by Crippen LogP contribution is -2.76. The fourth-order valence-corrected chi connectivity index (χ4v) is 5.38. The van der Waals surface area contributed by atoms with E-state index in [0.29, 0.717) is 22.1 Å². The third-order valence-corrected chi connectivity index (χ3v) is 7.11. The minimum atomic E-state index is -4.45. The van der Waals surface area contributed by atoms with Gasteiger partial charge in [0.25, 0.3) is 5.91 Å². The minimum Gasteiger partial charge on any atom is -0.483 e. The van der Waals surface area contributed by atoms with E-state index in [1.165, 1.54) is 6.07 Å². The van der Waals surface area contributed by atoms with Crippen LogP contribution in [0.3, 0.4) is 0 Å². The number of ether oxygens (including phenoxy) is 1. The Hall–Kier alpha value is -3.00. The number of hydrogen-bond acceptors (Lipinski definition) is 4. The van der Waals surface area contributed by atoms with E-state index in [-0.39, 0.29) is 40.9 Å². The molecule has 0 saturated heterocycles. The number of fused-ring (bicyclic) bond motifs is 1. The maximum Gasteiger partial charge on any atom is 0.422 e. The van der Waals surface area contributed by atoms with Crippen LogP contribution in [-0.2, 0) is 0 Å². The fraction of sp³-hybridized carbons (Fsp3) is 0.400. The highest BCUT2D eigenvalue weighted by Crippen LogP contribution is 2.70. The molecular formula is C25H24F3NO4. The van der Waals surface area contributed by atoms with Crippen LogP contribution < -0.4 is 10.1 Å². The number of carbonyl (C=O) groups excluding carboxylic acids is 1. The second-order valence-corrected chi connectivity index (χ2v) is 9.45. The number of carbonyl (C=O) groups is 1. The summed E-state index contributed by atoms with van der Waals surface area (Å²) in [6.45, 7) is 0.775. The van der Waals surface area contributed by atoms with Crippen molar-refractivity contribution >= 4 is 16.9 Å². The van der Waals surface area contributed by atoms with Crippen molar-refractivity contribution < 1.29 is 32.2 Å². The number of halogens is 3. The van der Waals surface area contributed by atoms with Gasteiger partial charge in [0.2, 0.25) is 0 Å². The molecule has 8 heteroatoms. The number of hydrogen-bond donors (Lipinski definition) is 2. The van der Waals surface area contributed by atoms with Gasteiger partial charge in [-0.2, -0.15) is 13.2 Å². The first-order valence-electron chi connectivity index (χ1n) is 10.9. The summed E-state index contributed by atoms with van der Waals surface area (Å²) in [4.78, 5) is 12.9. The summed E-state index contributed by atoms with van der Waals surface area (Å²) >= 11 is 0. The van der Waals surface area contributed by atoms with Gasteiger partial charge in [-0.05, 0) is 42.7 Å². The smallest absolute Gasteiger partial charge is 0.422 e. The Morgan fingerprint density at radius 3 is 2.55 bits per heavy atom. The van der Waals surface area contributed by atoms with E-state index in [0.717, 1.165) is 19.3 Å². The van der Waals surface area contributed by atoms with Gasteiger partial charge in [0.15, 0.2) is 12.4 Å². The lowest BCUT2D eigenvalue weighted by molar-refractivity contribution is -0.188. The van der Waals surface area contributed by atoms with E-state index >= 15 is 0 Å². The molecule has 3 aromatic rings. The molecule has 0 spiro atoms. The highest BCUT2D eigenvalue weighted by atomic mass is 19.4. The van der Waals surface area contributed by atoms with Crippen molar-refractivity contribution in [2.24, 2.45) is 11.3 Å². The number of alkyl halides is 3. The number of para-hydroxylation sites is 2. The average Bonchev–Trinajstić information content (AvgIpc) is 3.17. The van der Waals surface area contributed by atoms with Gasteiger partial charge in [0, 0.05) is 28.7 Å². The third kappa shape index (κ3) is 3.76. The second-order valence-electron chi connectivity index (χ2n) is 9.45. The first-order valence-corrected chi connectivity index (χ1v) is 10.9. The Bertz CT molecular complexity index is 1200. The summed E-state index contributed by atoms with van der Waals surface area (Å²) in [5.41, 5.74) is 1.30. The Morgan fingerprint density at radius 1 is 1.15 bits per heavy atom. The van der Waals surface area contributed by atoms with Gasteiger partial charge in [-0.3, -0.25) is 4.79 Å². The molecule has 174 valence electrons. The summed E-state index contributed by atoms with van der Waals surface area (Å²) in [5.74, 6) is 0.135. The van der Waals surface area contributed by atoms with Gasteiger partial charge in [0.05, 0.1) is 0 Å². The molecule has 1 aromatic heterocycles. The number of aliphatic hydroxyl groups is 1. The number of nitrogens with one attached hydrogen (secondary N) is 1. The number of furan rings is 1. The van der Waals surface area contributed by atoms with Crippen molar-refractivity contribution in [3.8, 4) is 16.9 Å². The maximum absolute atomic E-state index is 12.9. The summed E-state index contributed by atoms with van der Waals surface area (Å²) in [6.07, 6.45) is -1.90. The van der Waals surface area contributed by atoms with Crippen LogP contribution in [0.25, 0.3) is 22.1 Å². The quantitative estimate of drug-likeness (QED) is 0.502. The van der Waals surface area contributed by atoms with Crippen LogP contribution in [0.1, 0.15) is 36.7 Å². The molecule has 3 saturated carbocycles. The average molecular weight is 459 g/mol. The van der Waals surface area contributed by atoms with Crippen LogP contribution in [0, 0.1) is 11.3 Å². The summed E-state index contributed by atoms with van der Waals surface area (Å²) < 4.78 is 49.0. The zero-order chi connectivity index (χ0) is 23.4. The standard InChI is InChI=1S/C25H24F3NO4/c1-15(10-30)23-11-24(12-23,13-23)29-22(31)20-9-16-5-4-7-18(21(16)33-20)17-6-2-3-8-19(17)32-14-25(26,27)28/h2-9,15,30H,10-14H2,1H3,(H,29,31)/t15-,23?,24?/m1/s1. The lowest BCUT2D eigenvalue weighted by atomic mass is 9.36. The van der Waals surface area contributed by atoms with Crippen molar-refractivity contribution in [1.82, 2.24) is 5.32 Å². The zero-order valence-electron chi connectivity index (χ0n) is 18.0. The van der Waals surface area contributed by atoms with E-state index < -0.39 is 12.8 Å². The van der Waals surface area contributed by atoms with Crippen molar-refractivity contribution in [2.45, 2.75) is 37.9 Å². The second kappa shape index (κ2) is 7.52. The molecule has 3 aliphatic rings. The van der Waals surface area contributed by atoms with Gasteiger partial charge in [-0.15, -0.1) is 0 Å². The highest BCUT2D eigenvalue weighted by Gasteiger charge is 2.70. The Labute approximate surface area is 188 Å². The van der Waals surface area contributed by atoms with Crippen LogP contribution in [0.2, 0.25) is 0 Å². The SMILES string of the molecule is C[C@H](CO)C12CC(NC(=O)c3cc4cccc(-c5ccccc5OCC(F)(F)F)c4o3)(C1)C2. The maximum atomic E-state index is 12.9. The molecule has 1 amide bonds. The van der Waals surface area contributed by atoms with E-state index in [1.54, 1.807) is 42.5 Å². The van der Waals surface area contributed by atoms with Crippen molar-refractivity contribution in [1.29, 1.82) is 0 Å². The van der Waals surface area contributed by atoms with Gasteiger partial charge in [-0.25, -0.2) is 0 Å². The van der Waals surface area contributed by atoms with Crippen LogP contribution in [0.4, 0.5) is 13.2 Å². The van der Waals surface area contributed by atoms with Gasteiger partial charge < -0.3 is 19.6 Å². The molecule has 0 radical (unpaired) electrons. The molecule has 3 aliphatic carbocycles. The fourth-order valence-electron chi connectivity index (χ4n) is 5.38. The van der Waals surface area contributed by atoms with Gasteiger partial charge in [0.1, 0.15) is 11.3 Å². The highest BCUT2D eigenvalue weighted by molar-refractivity contribution is 6.01. The van der Waals surface area contributed by atoms with Crippen LogP contribution in [0.5, 0.6) is 5.75 Å². The van der Waals surface area contributed by atoms with E-state index in [1.807, 2.05) is 6.92 Å². The number of rotatable bonds is 7. The minimum absolute atomic E-state index is 0.0851. The van der Waals surface area contributed by atoms with E-state index in [4.69, 9.17) is 9.15 Å². The molecule has 2 aromatic carbocycles. The molecule has 0 unspecified atom stereocenters. The van der Waals surface area contributed by atoms with Crippen LogP contribution in [-0.4, -0.2) is 35.9 Å². The third-order valence-electron chi connectivity index (χ3n) is 7.11. The molecule has 2 N–H and O–H groups in total. The molecule has 6 rings (SSSR count). The number of amides is 1. The monoisotopic (exact) mass is 459 g/mol. The summed E-state index contributed by atoms with van der Waals surface area (Å²) in [7, 11) is 0. The Kier molecular flexibility index (Phi) is 4.97. The van der Waals surface area contributed by atoms with Crippen LogP contribution >= 0.6 is 0 Å². The predicted molar refractivity (Wildman–Crippen MR) is 116 cm³/mol.